The Bertz CT molecular complexity index is 711. The highest BCUT2D eigenvalue weighted by Gasteiger charge is 2.38. The van der Waals surface area contributed by atoms with Gasteiger partial charge in [0.25, 0.3) is 0 Å². The maximum atomic E-state index is 12.6. The molecule has 1 aliphatic rings. The number of urea groups is 1. The van der Waals surface area contributed by atoms with Crippen molar-refractivity contribution in [2.24, 2.45) is 0 Å². The summed E-state index contributed by atoms with van der Waals surface area (Å²) in [5.41, 5.74) is 2.68. The predicted molar refractivity (Wildman–Crippen MR) is 111 cm³/mol. The van der Waals surface area contributed by atoms with Crippen molar-refractivity contribution >= 4 is 6.03 Å². The monoisotopic (exact) mass is 365 g/mol. The first-order valence-electron chi connectivity index (χ1n) is 9.86. The number of hydrogen-bond donors (Lipinski definition) is 2. The fraction of sp³-hybridized carbons (Fsp3) is 0.435. The third kappa shape index (κ3) is 5.33. The molecule has 4 nitrogen and oxygen atoms in total. The van der Waals surface area contributed by atoms with E-state index in [9.17, 15) is 4.79 Å². The molecule has 0 radical (unpaired) electrons. The molecule has 2 aromatic rings. The first-order valence-corrected chi connectivity index (χ1v) is 9.86. The van der Waals surface area contributed by atoms with Crippen LogP contribution in [-0.4, -0.2) is 44.2 Å². The SMILES string of the molecule is CN(C)CC(Cc1ccccc1)NC(=O)NCC1(c2ccccc2)CCC1. The predicted octanol–water partition coefficient (Wildman–Crippen LogP) is 3.58. The quantitative estimate of drug-likeness (QED) is 0.751. The number of rotatable bonds is 8. The average Bonchev–Trinajstić information content (AvgIpc) is 2.62. The van der Waals surface area contributed by atoms with Crippen LogP contribution >= 0.6 is 0 Å². The van der Waals surface area contributed by atoms with E-state index in [1.165, 1.54) is 17.5 Å². The minimum absolute atomic E-state index is 0.0695. The Morgan fingerprint density at radius 3 is 2.22 bits per heavy atom. The fourth-order valence-corrected chi connectivity index (χ4v) is 3.95. The first-order chi connectivity index (χ1) is 13.1. The second kappa shape index (κ2) is 9.05. The summed E-state index contributed by atoms with van der Waals surface area (Å²) in [6.45, 7) is 1.51. The van der Waals surface area contributed by atoms with Crippen LogP contribution in [0.2, 0.25) is 0 Å². The summed E-state index contributed by atoms with van der Waals surface area (Å²) >= 11 is 0. The van der Waals surface area contributed by atoms with Gasteiger partial charge in [0.05, 0.1) is 0 Å². The van der Waals surface area contributed by atoms with E-state index < -0.39 is 0 Å². The van der Waals surface area contributed by atoms with Gasteiger partial charge in [-0.3, -0.25) is 0 Å². The largest absolute Gasteiger partial charge is 0.337 e. The summed E-state index contributed by atoms with van der Waals surface area (Å²) in [5, 5.41) is 6.32. The Hall–Kier alpha value is -2.33. The topological polar surface area (TPSA) is 44.4 Å². The Morgan fingerprint density at radius 2 is 1.67 bits per heavy atom. The lowest BCUT2D eigenvalue weighted by Crippen LogP contribution is -2.52. The number of carbonyl (C=O) groups excluding carboxylic acids is 1. The summed E-state index contributed by atoms with van der Waals surface area (Å²) in [6.07, 6.45) is 4.34. The summed E-state index contributed by atoms with van der Waals surface area (Å²) in [6, 6.07) is 20.9. The molecule has 0 heterocycles. The van der Waals surface area contributed by atoms with Gasteiger partial charge in [0, 0.05) is 24.5 Å². The van der Waals surface area contributed by atoms with Gasteiger partial charge in [-0.25, -0.2) is 4.79 Å². The van der Waals surface area contributed by atoms with E-state index in [1.54, 1.807) is 0 Å². The smallest absolute Gasteiger partial charge is 0.315 e. The van der Waals surface area contributed by atoms with Crippen LogP contribution in [0.25, 0.3) is 0 Å². The van der Waals surface area contributed by atoms with Crippen molar-refractivity contribution in [1.82, 2.24) is 15.5 Å². The van der Waals surface area contributed by atoms with E-state index in [0.29, 0.717) is 6.54 Å². The van der Waals surface area contributed by atoms with Crippen LogP contribution < -0.4 is 10.6 Å². The molecule has 2 N–H and O–H groups in total. The van der Waals surface area contributed by atoms with Crippen molar-refractivity contribution in [3.63, 3.8) is 0 Å². The van der Waals surface area contributed by atoms with Gasteiger partial charge in [-0.1, -0.05) is 67.1 Å². The molecule has 0 spiro atoms. The van der Waals surface area contributed by atoms with Gasteiger partial charge in [-0.2, -0.15) is 0 Å². The molecule has 1 unspecified atom stereocenters. The highest BCUT2D eigenvalue weighted by atomic mass is 16.2. The molecular formula is C23H31N3O. The van der Waals surface area contributed by atoms with Crippen LogP contribution in [-0.2, 0) is 11.8 Å². The second-order valence-electron chi connectivity index (χ2n) is 7.98. The molecule has 2 amide bonds. The summed E-state index contributed by atoms with van der Waals surface area (Å²) in [4.78, 5) is 14.7. The number of benzene rings is 2. The first kappa shape index (κ1) is 19.4. The number of hydrogen-bond acceptors (Lipinski definition) is 2. The second-order valence-corrected chi connectivity index (χ2v) is 7.98. The third-order valence-corrected chi connectivity index (χ3v) is 5.53. The summed E-state index contributed by atoms with van der Waals surface area (Å²) in [7, 11) is 4.08. The van der Waals surface area contributed by atoms with Crippen molar-refractivity contribution in [2.75, 3.05) is 27.2 Å². The lowest BCUT2D eigenvalue weighted by Gasteiger charge is -2.42. The number of carbonyl (C=O) groups is 1. The molecule has 27 heavy (non-hydrogen) atoms. The van der Waals surface area contributed by atoms with Crippen molar-refractivity contribution in [1.29, 1.82) is 0 Å². The zero-order chi connectivity index (χ0) is 19.1. The molecule has 1 atom stereocenters. The van der Waals surface area contributed by atoms with Crippen molar-refractivity contribution in [2.45, 2.75) is 37.1 Å². The molecule has 0 aromatic heterocycles. The highest BCUT2D eigenvalue weighted by Crippen LogP contribution is 2.43. The molecule has 1 saturated carbocycles. The molecule has 0 saturated heterocycles. The van der Waals surface area contributed by atoms with Crippen molar-refractivity contribution in [3.8, 4) is 0 Å². The standard InChI is InChI=1S/C23H31N3O/c1-26(2)17-21(16-19-10-5-3-6-11-19)25-22(27)24-18-23(14-9-15-23)20-12-7-4-8-13-20/h3-8,10-13,21H,9,14-18H2,1-2H3,(H2,24,25,27). The lowest BCUT2D eigenvalue weighted by molar-refractivity contribution is 0.210. The number of nitrogens with zero attached hydrogens (tertiary/aromatic N) is 1. The van der Waals surface area contributed by atoms with Gasteiger partial charge < -0.3 is 15.5 Å². The minimum atomic E-state index is -0.0695. The Labute approximate surface area is 163 Å². The van der Waals surface area contributed by atoms with Gasteiger partial charge in [-0.15, -0.1) is 0 Å². The Balaban J connectivity index is 1.57. The van der Waals surface area contributed by atoms with Crippen LogP contribution in [0.4, 0.5) is 4.79 Å². The van der Waals surface area contributed by atoms with E-state index in [2.05, 4.69) is 51.9 Å². The molecule has 3 rings (SSSR count). The maximum absolute atomic E-state index is 12.6. The maximum Gasteiger partial charge on any atom is 0.315 e. The van der Waals surface area contributed by atoms with Crippen molar-refractivity contribution < 1.29 is 4.79 Å². The van der Waals surface area contributed by atoms with Gasteiger partial charge in [-0.05, 0) is 44.5 Å². The molecule has 1 aliphatic carbocycles. The molecule has 0 bridgehead atoms. The van der Waals surface area contributed by atoms with E-state index >= 15 is 0 Å². The molecule has 1 fully saturated rings. The van der Waals surface area contributed by atoms with E-state index in [1.807, 2.05) is 38.4 Å². The van der Waals surface area contributed by atoms with Crippen LogP contribution in [0.5, 0.6) is 0 Å². The van der Waals surface area contributed by atoms with E-state index in [-0.39, 0.29) is 17.5 Å². The average molecular weight is 366 g/mol. The zero-order valence-corrected chi connectivity index (χ0v) is 16.4. The van der Waals surface area contributed by atoms with Gasteiger partial charge >= 0.3 is 6.03 Å². The highest BCUT2D eigenvalue weighted by molar-refractivity contribution is 5.74. The number of likely N-dealkylation sites (N-methyl/N-ethyl adjacent to an activating group) is 1. The summed E-state index contributed by atoms with van der Waals surface area (Å²) < 4.78 is 0. The lowest BCUT2D eigenvalue weighted by atomic mass is 9.64. The molecule has 2 aromatic carbocycles. The summed E-state index contributed by atoms with van der Waals surface area (Å²) in [5.74, 6) is 0. The number of amides is 2. The van der Waals surface area contributed by atoms with E-state index in [4.69, 9.17) is 0 Å². The third-order valence-electron chi connectivity index (χ3n) is 5.53. The Morgan fingerprint density at radius 1 is 1.04 bits per heavy atom. The van der Waals surface area contributed by atoms with Crippen LogP contribution in [0.1, 0.15) is 30.4 Å². The van der Waals surface area contributed by atoms with Gasteiger partial charge in [0.15, 0.2) is 0 Å². The molecular weight excluding hydrogens is 334 g/mol. The number of nitrogens with one attached hydrogen (secondary N) is 2. The van der Waals surface area contributed by atoms with Gasteiger partial charge in [0.1, 0.15) is 0 Å². The van der Waals surface area contributed by atoms with Crippen LogP contribution in [0.15, 0.2) is 60.7 Å². The fourth-order valence-electron chi connectivity index (χ4n) is 3.95. The molecule has 144 valence electrons. The normalized spacial score (nSPS) is 16.4. The van der Waals surface area contributed by atoms with E-state index in [0.717, 1.165) is 25.8 Å². The van der Waals surface area contributed by atoms with Crippen LogP contribution in [0.3, 0.4) is 0 Å². The van der Waals surface area contributed by atoms with Crippen LogP contribution in [0, 0.1) is 0 Å². The van der Waals surface area contributed by atoms with Crippen molar-refractivity contribution in [3.05, 3.63) is 71.8 Å². The molecule has 4 heteroatoms. The minimum Gasteiger partial charge on any atom is -0.337 e. The Kier molecular flexibility index (Phi) is 6.51. The zero-order valence-electron chi connectivity index (χ0n) is 16.4. The van der Waals surface area contributed by atoms with Gasteiger partial charge in [0.2, 0.25) is 0 Å². The molecule has 0 aliphatic heterocycles.